The Kier molecular flexibility index (Phi) is 6.81. The lowest BCUT2D eigenvalue weighted by atomic mass is 10.3. The van der Waals surface area contributed by atoms with Crippen LogP contribution in [0.25, 0.3) is 0 Å². The molecule has 2 N–H and O–H groups in total. The van der Waals surface area contributed by atoms with Gasteiger partial charge < -0.3 is 10.6 Å². The van der Waals surface area contributed by atoms with E-state index in [0.29, 0.717) is 18.0 Å². The first-order chi connectivity index (χ1) is 5.66. The molecule has 0 aromatic heterocycles. The second-order valence-corrected chi connectivity index (χ2v) is 3.01. The number of carbonyl (C=O) groups excluding carboxylic acids is 1. The van der Waals surface area contributed by atoms with Gasteiger partial charge in [0.1, 0.15) is 0 Å². The molecule has 3 nitrogen and oxygen atoms in total. The summed E-state index contributed by atoms with van der Waals surface area (Å²) < 4.78 is 0. The topological polar surface area (TPSA) is 41.1 Å². The van der Waals surface area contributed by atoms with Crippen molar-refractivity contribution in [3.05, 3.63) is 11.6 Å². The molecule has 0 aliphatic carbocycles. The van der Waals surface area contributed by atoms with Gasteiger partial charge in [-0.25, -0.2) is 0 Å². The zero-order valence-electron chi connectivity index (χ0n) is 7.32. The predicted octanol–water partition coefficient (Wildman–Crippen LogP) is 0.855. The number of nitrogens with one attached hydrogen (secondary N) is 2. The molecule has 0 radical (unpaired) electrons. The zero-order valence-corrected chi connectivity index (χ0v) is 8.08. The lowest BCUT2D eigenvalue weighted by Gasteiger charge is -2.02. The quantitative estimate of drug-likeness (QED) is 0.610. The van der Waals surface area contributed by atoms with Crippen LogP contribution in [-0.2, 0) is 4.79 Å². The Morgan fingerprint density at radius 2 is 2.25 bits per heavy atom. The average Bonchev–Trinajstić information content (AvgIpc) is 2.03. The van der Waals surface area contributed by atoms with Gasteiger partial charge in [-0.15, -0.1) is 0 Å². The van der Waals surface area contributed by atoms with Crippen molar-refractivity contribution in [3.8, 4) is 0 Å². The van der Waals surface area contributed by atoms with Crippen molar-refractivity contribution in [1.82, 2.24) is 10.6 Å². The van der Waals surface area contributed by atoms with Gasteiger partial charge in [-0.05, 0) is 13.0 Å². The number of rotatable bonds is 6. The van der Waals surface area contributed by atoms with Gasteiger partial charge in [0.15, 0.2) is 0 Å². The predicted molar refractivity (Wildman–Crippen MR) is 51.2 cm³/mol. The van der Waals surface area contributed by atoms with E-state index in [1.807, 2.05) is 0 Å². The lowest BCUT2D eigenvalue weighted by molar-refractivity contribution is -0.120. The van der Waals surface area contributed by atoms with E-state index >= 15 is 0 Å². The summed E-state index contributed by atoms with van der Waals surface area (Å²) in [5, 5.41) is 6.20. The molecule has 0 heterocycles. The monoisotopic (exact) mass is 190 g/mol. The van der Waals surface area contributed by atoms with Crippen LogP contribution in [0.1, 0.15) is 12.8 Å². The van der Waals surface area contributed by atoms with Crippen LogP contribution in [0.15, 0.2) is 11.6 Å². The molecule has 0 saturated heterocycles. The van der Waals surface area contributed by atoms with Crippen molar-refractivity contribution < 1.29 is 4.79 Å². The smallest absolute Gasteiger partial charge is 0.219 e. The Bertz CT molecular complexity index is 159. The van der Waals surface area contributed by atoms with Crippen LogP contribution in [0.5, 0.6) is 0 Å². The molecule has 0 unspecified atom stereocenters. The van der Waals surface area contributed by atoms with E-state index < -0.39 is 0 Å². The third-order valence-electron chi connectivity index (χ3n) is 1.35. The second kappa shape index (κ2) is 7.13. The highest BCUT2D eigenvalue weighted by Gasteiger charge is 1.96. The summed E-state index contributed by atoms with van der Waals surface area (Å²) in [7, 11) is 1.64. The first-order valence-corrected chi connectivity index (χ1v) is 4.29. The molecule has 0 saturated carbocycles. The molecule has 4 heteroatoms. The van der Waals surface area contributed by atoms with E-state index in [-0.39, 0.29) is 5.91 Å². The summed E-state index contributed by atoms with van der Waals surface area (Å²) in [4.78, 5) is 10.7. The lowest BCUT2D eigenvalue weighted by Crippen LogP contribution is -2.21. The first-order valence-electron chi connectivity index (χ1n) is 3.91. The van der Waals surface area contributed by atoms with E-state index in [9.17, 15) is 4.79 Å². The molecule has 0 spiro atoms. The summed E-state index contributed by atoms with van der Waals surface area (Å²) in [6, 6.07) is 0. The SMILES string of the molecule is C=C(Cl)CNCCCC(=O)NC. The summed E-state index contributed by atoms with van der Waals surface area (Å²) in [6.07, 6.45) is 1.38. The molecule has 0 aliphatic rings. The highest BCUT2D eigenvalue weighted by atomic mass is 35.5. The van der Waals surface area contributed by atoms with Crippen molar-refractivity contribution in [2.45, 2.75) is 12.8 Å². The van der Waals surface area contributed by atoms with Gasteiger partial charge in [0.25, 0.3) is 0 Å². The molecule has 0 fully saturated rings. The molecule has 0 aromatic rings. The van der Waals surface area contributed by atoms with Crippen molar-refractivity contribution in [2.24, 2.45) is 0 Å². The summed E-state index contributed by atoms with van der Waals surface area (Å²) in [6.45, 7) is 4.92. The van der Waals surface area contributed by atoms with Crippen LogP contribution >= 0.6 is 11.6 Å². The minimum Gasteiger partial charge on any atom is -0.359 e. The first kappa shape index (κ1) is 11.5. The van der Waals surface area contributed by atoms with Gasteiger partial charge in [0.05, 0.1) is 0 Å². The molecular formula is C8H15ClN2O. The van der Waals surface area contributed by atoms with Gasteiger partial charge in [-0.3, -0.25) is 4.79 Å². The number of carbonyl (C=O) groups is 1. The average molecular weight is 191 g/mol. The van der Waals surface area contributed by atoms with Crippen LogP contribution < -0.4 is 10.6 Å². The fourth-order valence-corrected chi connectivity index (χ4v) is 0.817. The van der Waals surface area contributed by atoms with Gasteiger partial charge in [0.2, 0.25) is 5.91 Å². The minimum absolute atomic E-state index is 0.0708. The van der Waals surface area contributed by atoms with Gasteiger partial charge in [0, 0.05) is 25.0 Å². The van der Waals surface area contributed by atoms with E-state index in [2.05, 4.69) is 17.2 Å². The van der Waals surface area contributed by atoms with Crippen LogP contribution in [0.4, 0.5) is 0 Å². The highest BCUT2D eigenvalue weighted by Crippen LogP contribution is 1.93. The molecule has 0 aromatic carbocycles. The molecule has 0 rings (SSSR count). The maximum atomic E-state index is 10.7. The molecule has 70 valence electrons. The van der Waals surface area contributed by atoms with Crippen molar-refractivity contribution in [3.63, 3.8) is 0 Å². The highest BCUT2D eigenvalue weighted by molar-refractivity contribution is 6.29. The fraction of sp³-hybridized carbons (Fsp3) is 0.625. The normalized spacial score (nSPS) is 9.50. The van der Waals surface area contributed by atoms with E-state index in [1.54, 1.807) is 7.05 Å². The maximum Gasteiger partial charge on any atom is 0.219 e. The van der Waals surface area contributed by atoms with E-state index in [1.165, 1.54) is 0 Å². The van der Waals surface area contributed by atoms with Crippen LogP contribution in [0.3, 0.4) is 0 Å². The Labute approximate surface area is 78.2 Å². The Balaban J connectivity index is 3.11. The summed E-state index contributed by atoms with van der Waals surface area (Å²) >= 11 is 5.51. The zero-order chi connectivity index (χ0) is 9.40. The molecule has 1 amide bonds. The number of hydrogen-bond acceptors (Lipinski definition) is 2. The van der Waals surface area contributed by atoms with Crippen molar-refractivity contribution in [1.29, 1.82) is 0 Å². The number of hydrogen-bond donors (Lipinski definition) is 2. The molecule has 0 bridgehead atoms. The Hall–Kier alpha value is -0.540. The third-order valence-corrected chi connectivity index (χ3v) is 1.49. The number of amides is 1. The van der Waals surface area contributed by atoms with Crippen LogP contribution in [-0.4, -0.2) is 26.0 Å². The molecule has 0 aliphatic heterocycles. The van der Waals surface area contributed by atoms with E-state index in [4.69, 9.17) is 11.6 Å². The van der Waals surface area contributed by atoms with Gasteiger partial charge in [-0.2, -0.15) is 0 Å². The third kappa shape index (κ3) is 7.57. The minimum atomic E-state index is 0.0708. The van der Waals surface area contributed by atoms with Gasteiger partial charge >= 0.3 is 0 Å². The Morgan fingerprint density at radius 1 is 1.58 bits per heavy atom. The number of halogens is 1. The summed E-state index contributed by atoms with van der Waals surface area (Å²) in [5.74, 6) is 0.0708. The van der Waals surface area contributed by atoms with Crippen molar-refractivity contribution in [2.75, 3.05) is 20.1 Å². The van der Waals surface area contributed by atoms with E-state index in [0.717, 1.165) is 13.0 Å². The molecular weight excluding hydrogens is 176 g/mol. The molecule has 12 heavy (non-hydrogen) atoms. The largest absolute Gasteiger partial charge is 0.359 e. The maximum absolute atomic E-state index is 10.7. The Morgan fingerprint density at radius 3 is 2.75 bits per heavy atom. The van der Waals surface area contributed by atoms with Crippen molar-refractivity contribution >= 4 is 17.5 Å². The summed E-state index contributed by atoms with van der Waals surface area (Å²) in [5.41, 5.74) is 0. The van der Waals surface area contributed by atoms with Crippen LogP contribution in [0, 0.1) is 0 Å². The van der Waals surface area contributed by atoms with Crippen LogP contribution in [0.2, 0.25) is 0 Å². The van der Waals surface area contributed by atoms with Gasteiger partial charge in [-0.1, -0.05) is 18.2 Å². The fourth-order valence-electron chi connectivity index (χ4n) is 0.723. The standard InChI is InChI=1S/C8H15ClN2O/c1-7(9)6-11-5-3-4-8(12)10-2/h11H,1,3-6H2,2H3,(H,10,12). The second-order valence-electron chi connectivity index (χ2n) is 2.47. The molecule has 0 atom stereocenters.